The van der Waals surface area contributed by atoms with E-state index in [1.54, 1.807) is 6.92 Å². The van der Waals surface area contributed by atoms with Gasteiger partial charge in [0.15, 0.2) is 6.29 Å². The fourth-order valence-corrected chi connectivity index (χ4v) is 1.03. The first-order valence-electron chi connectivity index (χ1n) is 3.42. The van der Waals surface area contributed by atoms with E-state index in [1.165, 1.54) is 0 Å². The van der Waals surface area contributed by atoms with Crippen LogP contribution in [0.1, 0.15) is 6.92 Å². The van der Waals surface area contributed by atoms with Crippen LogP contribution in [0.4, 0.5) is 0 Å². The number of aliphatic hydroxyl groups is 3. The molecule has 4 atom stereocenters. The van der Waals surface area contributed by atoms with Crippen molar-refractivity contribution >= 4 is 0 Å². The Hall–Kier alpha value is -0.420. The molecular weight excluding hydrogens is 148 g/mol. The Morgan fingerprint density at radius 3 is 2.36 bits per heavy atom. The Morgan fingerprint density at radius 2 is 1.82 bits per heavy atom. The highest BCUT2D eigenvalue weighted by Gasteiger charge is 2.35. The van der Waals surface area contributed by atoms with Gasteiger partial charge in [0.1, 0.15) is 12.2 Å². The highest BCUT2D eigenvalue weighted by molar-refractivity contribution is 5.13. The third kappa shape index (κ3) is 1.44. The summed E-state index contributed by atoms with van der Waals surface area (Å²) in [5.74, 6) is 0. The molecule has 0 bridgehead atoms. The number of hydrogen-bond acceptors (Lipinski definition) is 4. The minimum Gasteiger partial charge on any atom is -0.386 e. The third-order valence-electron chi connectivity index (χ3n) is 1.83. The van der Waals surface area contributed by atoms with Crippen LogP contribution in [0.5, 0.6) is 0 Å². The summed E-state index contributed by atoms with van der Waals surface area (Å²) >= 11 is 0. The lowest BCUT2D eigenvalue weighted by atomic mass is 9.98. The van der Waals surface area contributed by atoms with Crippen molar-refractivity contribution in [2.45, 2.75) is 31.5 Å². The van der Waals surface area contributed by atoms with E-state index in [4.69, 9.17) is 14.9 Å². The minimum atomic E-state index is -1.26. The predicted molar refractivity (Wildman–Crippen MR) is 37.7 cm³/mol. The first-order chi connectivity index (χ1) is 5.04. The van der Waals surface area contributed by atoms with Crippen LogP contribution < -0.4 is 0 Å². The Kier molecular flexibility index (Phi) is 2.29. The van der Waals surface area contributed by atoms with Crippen LogP contribution >= 0.6 is 0 Å². The normalized spacial score (nSPS) is 46.0. The van der Waals surface area contributed by atoms with E-state index in [-0.39, 0.29) is 5.57 Å². The average Bonchev–Trinajstić information content (AvgIpc) is 1.97. The molecule has 0 spiro atoms. The van der Waals surface area contributed by atoms with Crippen molar-refractivity contribution in [1.82, 2.24) is 0 Å². The van der Waals surface area contributed by atoms with Gasteiger partial charge in [-0.05, 0) is 12.5 Å². The molecule has 0 aromatic carbocycles. The zero-order valence-corrected chi connectivity index (χ0v) is 6.27. The van der Waals surface area contributed by atoms with Crippen LogP contribution in [0.3, 0.4) is 0 Å². The lowest BCUT2D eigenvalue weighted by Gasteiger charge is -2.34. The molecule has 4 unspecified atom stereocenters. The molecule has 4 heteroatoms. The Labute approximate surface area is 64.7 Å². The van der Waals surface area contributed by atoms with E-state index in [0.717, 1.165) is 0 Å². The molecule has 0 saturated carbocycles. The van der Waals surface area contributed by atoms with Crippen molar-refractivity contribution in [3.63, 3.8) is 0 Å². The predicted octanol–water partition coefficient (Wildman–Crippen LogP) is -0.999. The van der Waals surface area contributed by atoms with Crippen molar-refractivity contribution in [1.29, 1.82) is 0 Å². The molecule has 1 saturated heterocycles. The number of aliphatic hydroxyl groups excluding tert-OH is 3. The maximum Gasteiger partial charge on any atom is 0.185 e. The van der Waals surface area contributed by atoms with Crippen molar-refractivity contribution < 1.29 is 20.1 Å². The van der Waals surface area contributed by atoms with Crippen molar-refractivity contribution in [2.24, 2.45) is 0 Å². The maximum absolute atomic E-state index is 9.24. The summed E-state index contributed by atoms with van der Waals surface area (Å²) < 4.78 is 4.78. The van der Waals surface area contributed by atoms with Crippen LogP contribution in [-0.2, 0) is 4.74 Å². The summed E-state index contributed by atoms with van der Waals surface area (Å²) in [6.45, 7) is 5.04. The summed E-state index contributed by atoms with van der Waals surface area (Å²) in [4.78, 5) is 0. The molecule has 1 rings (SSSR count). The fourth-order valence-electron chi connectivity index (χ4n) is 1.03. The lowest BCUT2D eigenvalue weighted by Crippen LogP contribution is -2.47. The Balaban J connectivity index is 2.71. The molecule has 1 fully saturated rings. The van der Waals surface area contributed by atoms with Crippen LogP contribution in [0.15, 0.2) is 12.2 Å². The molecule has 1 heterocycles. The molecule has 4 nitrogen and oxygen atoms in total. The van der Waals surface area contributed by atoms with Gasteiger partial charge in [-0.3, -0.25) is 0 Å². The standard InChI is InChI=1S/C7H12O4/c1-3-5(8)4(2)11-7(10)6(3)9/h4-10H,1H2,2H3. The smallest absolute Gasteiger partial charge is 0.185 e. The second-order valence-electron chi connectivity index (χ2n) is 2.70. The molecule has 0 aromatic rings. The van der Waals surface area contributed by atoms with Gasteiger partial charge >= 0.3 is 0 Å². The van der Waals surface area contributed by atoms with Gasteiger partial charge in [-0.25, -0.2) is 0 Å². The summed E-state index contributed by atoms with van der Waals surface area (Å²) in [6.07, 6.45) is -3.85. The topological polar surface area (TPSA) is 69.9 Å². The maximum atomic E-state index is 9.24. The highest BCUT2D eigenvalue weighted by atomic mass is 16.6. The molecule has 64 valence electrons. The van der Waals surface area contributed by atoms with Crippen molar-refractivity contribution in [3.05, 3.63) is 12.2 Å². The van der Waals surface area contributed by atoms with Crippen molar-refractivity contribution in [3.8, 4) is 0 Å². The van der Waals surface area contributed by atoms with Gasteiger partial charge in [-0.1, -0.05) is 6.58 Å². The van der Waals surface area contributed by atoms with Gasteiger partial charge in [0, 0.05) is 0 Å². The zero-order chi connectivity index (χ0) is 8.59. The SMILES string of the molecule is C=C1C(O)C(C)OC(O)C1O. The second kappa shape index (κ2) is 2.91. The van der Waals surface area contributed by atoms with Crippen LogP contribution in [0.25, 0.3) is 0 Å². The molecule has 1 aliphatic rings. The number of rotatable bonds is 0. The van der Waals surface area contributed by atoms with Gasteiger partial charge in [0.25, 0.3) is 0 Å². The molecule has 3 N–H and O–H groups in total. The van der Waals surface area contributed by atoms with E-state index in [9.17, 15) is 5.11 Å². The molecule has 0 radical (unpaired) electrons. The summed E-state index contributed by atoms with van der Waals surface area (Å²) in [7, 11) is 0. The van der Waals surface area contributed by atoms with E-state index < -0.39 is 24.6 Å². The largest absolute Gasteiger partial charge is 0.386 e. The summed E-state index contributed by atoms with van der Waals surface area (Å²) in [5.41, 5.74) is 0.205. The van der Waals surface area contributed by atoms with Crippen LogP contribution in [0, 0.1) is 0 Å². The van der Waals surface area contributed by atoms with Gasteiger partial charge in [0.2, 0.25) is 0 Å². The van der Waals surface area contributed by atoms with Crippen LogP contribution in [-0.4, -0.2) is 39.9 Å². The summed E-state index contributed by atoms with van der Waals surface area (Å²) in [6, 6.07) is 0. The van der Waals surface area contributed by atoms with E-state index in [0.29, 0.717) is 0 Å². The minimum absolute atomic E-state index is 0.205. The zero-order valence-electron chi connectivity index (χ0n) is 6.27. The average molecular weight is 160 g/mol. The van der Waals surface area contributed by atoms with Crippen LogP contribution in [0.2, 0.25) is 0 Å². The molecule has 0 aromatic heterocycles. The highest BCUT2D eigenvalue weighted by Crippen LogP contribution is 2.22. The van der Waals surface area contributed by atoms with E-state index >= 15 is 0 Å². The molecular formula is C7H12O4. The monoisotopic (exact) mass is 160 g/mol. The third-order valence-corrected chi connectivity index (χ3v) is 1.83. The Morgan fingerprint density at radius 1 is 1.27 bits per heavy atom. The first-order valence-corrected chi connectivity index (χ1v) is 3.42. The van der Waals surface area contributed by atoms with Gasteiger partial charge in [-0.15, -0.1) is 0 Å². The van der Waals surface area contributed by atoms with Gasteiger partial charge in [0.05, 0.1) is 6.10 Å². The number of hydrogen-bond donors (Lipinski definition) is 3. The summed E-state index contributed by atoms with van der Waals surface area (Å²) in [5, 5.41) is 27.3. The van der Waals surface area contributed by atoms with Crippen molar-refractivity contribution in [2.75, 3.05) is 0 Å². The molecule has 0 amide bonds. The molecule has 1 aliphatic heterocycles. The second-order valence-corrected chi connectivity index (χ2v) is 2.70. The van der Waals surface area contributed by atoms with Gasteiger partial charge < -0.3 is 20.1 Å². The van der Waals surface area contributed by atoms with E-state index in [1.807, 2.05) is 0 Å². The Bertz CT molecular complexity index is 152. The first kappa shape index (κ1) is 8.67. The molecule has 11 heavy (non-hydrogen) atoms. The van der Waals surface area contributed by atoms with E-state index in [2.05, 4.69) is 6.58 Å². The number of ether oxygens (including phenoxy) is 1. The fraction of sp³-hybridized carbons (Fsp3) is 0.714. The quantitative estimate of drug-likeness (QED) is 0.398. The lowest BCUT2D eigenvalue weighted by molar-refractivity contribution is -0.216. The molecule has 0 aliphatic carbocycles. The van der Waals surface area contributed by atoms with Gasteiger partial charge in [-0.2, -0.15) is 0 Å².